The predicted octanol–water partition coefficient (Wildman–Crippen LogP) is 1.63. The van der Waals surface area contributed by atoms with Gasteiger partial charge in [-0.25, -0.2) is 0 Å². The average molecular weight is 238 g/mol. The van der Waals surface area contributed by atoms with Crippen molar-refractivity contribution in [3.05, 3.63) is 17.0 Å². The summed E-state index contributed by atoms with van der Waals surface area (Å²) in [6, 6.07) is 0. The number of aryl methyl sites for hydroxylation is 1. The Morgan fingerprint density at radius 3 is 2.88 bits per heavy atom. The Morgan fingerprint density at radius 2 is 2.24 bits per heavy atom. The summed E-state index contributed by atoms with van der Waals surface area (Å²) in [5.74, 6) is -0.346. The van der Waals surface area contributed by atoms with E-state index in [2.05, 4.69) is 10.2 Å². The molecule has 1 saturated heterocycles. The van der Waals surface area contributed by atoms with Crippen LogP contribution < -0.4 is 0 Å². The molecule has 0 bridgehead atoms. The van der Waals surface area contributed by atoms with E-state index in [0.29, 0.717) is 12.3 Å². The minimum atomic E-state index is -0.761. The van der Waals surface area contributed by atoms with Crippen molar-refractivity contribution in [1.82, 2.24) is 10.2 Å². The Morgan fingerprint density at radius 1 is 1.53 bits per heavy atom. The first kappa shape index (κ1) is 12.1. The van der Waals surface area contributed by atoms with Crippen molar-refractivity contribution in [2.24, 2.45) is 0 Å². The molecule has 2 heterocycles. The van der Waals surface area contributed by atoms with Gasteiger partial charge in [0.25, 0.3) is 0 Å². The zero-order valence-electron chi connectivity index (χ0n) is 10.0. The van der Waals surface area contributed by atoms with Gasteiger partial charge in [-0.1, -0.05) is 0 Å². The van der Waals surface area contributed by atoms with Gasteiger partial charge in [0.05, 0.1) is 5.69 Å². The second kappa shape index (κ2) is 5.31. The number of nitrogens with one attached hydrogen (secondary N) is 1. The number of hydrogen-bond donors (Lipinski definition) is 2. The molecule has 0 unspecified atom stereocenters. The van der Waals surface area contributed by atoms with Crippen LogP contribution in [-0.2, 0) is 16.0 Å². The second-order valence-corrected chi connectivity index (χ2v) is 4.49. The molecule has 17 heavy (non-hydrogen) atoms. The smallest absolute Gasteiger partial charge is 0.303 e. The highest BCUT2D eigenvalue weighted by molar-refractivity contribution is 5.67. The molecule has 0 saturated carbocycles. The van der Waals surface area contributed by atoms with E-state index >= 15 is 0 Å². The van der Waals surface area contributed by atoms with E-state index in [1.54, 1.807) is 0 Å². The highest BCUT2D eigenvalue weighted by Crippen LogP contribution is 2.29. The van der Waals surface area contributed by atoms with Crippen LogP contribution in [0.25, 0.3) is 0 Å². The van der Waals surface area contributed by atoms with Crippen molar-refractivity contribution in [2.45, 2.75) is 38.5 Å². The normalized spacial score (nSPS) is 17.2. The van der Waals surface area contributed by atoms with Crippen molar-refractivity contribution in [3.63, 3.8) is 0 Å². The summed E-state index contributed by atoms with van der Waals surface area (Å²) in [6.45, 7) is 3.50. The van der Waals surface area contributed by atoms with Crippen LogP contribution in [0.2, 0.25) is 0 Å². The highest BCUT2D eigenvalue weighted by atomic mass is 16.5. The van der Waals surface area contributed by atoms with Gasteiger partial charge in [0.15, 0.2) is 0 Å². The summed E-state index contributed by atoms with van der Waals surface area (Å²) in [6.07, 6.45) is 2.68. The molecule has 1 aromatic rings. The van der Waals surface area contributed by atoms with Crippen LogP contribution in [0.5, 0.6) is 0 Å². The number of rotatable bonds is 4. The highest BCUT2D eigenvalue weighted by Gasteiger charge is 2.22. The number of aliphatic carboxylic acids is 1. The molecule has 0 atom stereocenters. The number of hydrogen-bond acceptors (Lipinski definition) is 3. The molecule has 0 radical (unpaired) electrons. The van der Waals surface area contributed by atoms with Gasteiger partial charge in [-0.05, 0) is 31.7 Å². The molecule has 0 aliphatic carbocycles. The Hall–Kier alpha value is -1.36. The van der Waals surface area contributed by atoms with Crippen molar-refractivity contribution in [3.8, 4) is 0 Å². The Balaban J connectivity index is 2.12. The maximum absolute atomic E-state index is 10.6. The number of ether oxygens (including phenoxy) is 1. The lowest BCUT2D eigenvalue weighted by Crippen LogP contribution is -2.16. The summed E-state index contributed by atoms with van der Waals surface area (Å²) in [7, 11) is 0. The fraction of sp³-hybridized carbons (Fsp3) is 0.667. The third kappa shape index (κ3) is 2.85. The maximum Gasteiger partial charge on any atom is 0.303 e. The molecule has 1 aromatic heterocycles. The standard InChI is InChI=1S/C12H18N2O3/c1-8-10(2-3-11(15)16)12(14-13-8)9-4-6-17-7-5-9/h9H,2-7H2,1H3,(H,13,14)(H,15,16). The van der Waals surface area contributed by atoms with Crippen molar-refractivity contribution < 1.29 is 14.6 Å². The molecule has 2 rings (SSSR count). The zero-order valence-corrected chi connectivity index (χ0v) is 10.0. The third-order valence-electron chi connectivity index (χ3n) is 3.30. The van der Waals surface area contributed by atoms with E-state index in [0.717, 1.165) is 43.0 Å². The summed E-state index contributed by atoms with van der Waals surface area (Å²) in [5.41, 5.74) is 3.12. The van der Waals surface area contributed by atoms with Gasteiger partial charge in [0.2, 0.25) is 0 Å². The lowest BCUT2D eigenvalue weighted by molar-refractivity contribution is -0.136. The van der Waals surface area contributed by atoms with Crippen LogP contribution in [-0.4, -0.2) is 34.5 Å². The van der Waals surface area contributed by atoms with Gasteiger partial charge in [-0.2, -0.15) is 5.10 Å². The Labute approximate surface area is 100 Å². The van der Waals surface area contributed by atoms with Crippen molar-refractivity contribution >= 4 is 5.97 Å². The molecule has 0 amide bonds. The molecule has 94 valence electrons. The summed E-state index contributed by atoms with van der Waals surface area (Å²) >= 11 is 0. The molecule has 1 fully saturated rings. The van der Waals surface area contributed by atoms with Gasteiger partial charge in [0.1, 0.15) is 0 Å². The van der Waals surface area contributed by atoms with Gasteiger partial charge in [0, 0.05) is 31.2 Å². The largest absolute Gasteiger partial charge is 0.481 e. The molecular formula is C12H18N2O3. The third-order valence-corrected chi connectivity index (χ3v) is 3.30. The summed E-state index contributed by atoms with van der Waals surface area (Å²) < 4.78 is 5.33. The summed E-state index contributed by atoms with van der Waals surface area (Å²) in [5, 5.41) is 16.1. The minimum Gasteiger partial charge on any atom is -0.481 e. The lowest BCUT2D eigenvalue weighted by Gasteiger charge is -2.21. The molecule has 1 aliphatic heterocycles. The average Bonchev–Trinajstić information content (AvgIpc) is 2.69. The SMILES string of the molecule is Cc1[nH]nc(C2CCOCC2)c1CCC(=O)O. The molecule has 5 heteroatoms. The van der Waals surface area contributed by atoms with Crippen LogP contribution >= 0.6 is 0 Å². The number of H-pyrrole nitrogens is 1. The van der Waals surface area contributed by atoms with Gasteiger partial charge in [-0.15, -0.1) is 0 Å². The number of nitrogens with zero attached hydrogens (tertiary/aromatic N) is 1. The number of carboxylic acids is 1. The van der Waals surface area contributed by atoms with Crippen molar-refractivity contribution in [1.29, 1.82) is 0 Å². The fourth-order valence-corrected chi connectivity index (χ4v) is 2.33. The van der Waals surface area contributed by atoms with Crippen LogP contribution in [0.3, 0.4) is 0 Å². The van der Waals surface area contributed by atoms with Crippen LogP contribution in [0.4, 0.5) is 0 Å². The van der Waals surface area contributed by atoms with E-state index in [1.165, 1.54) is 0 Å². The summed E-state index contributed by atoms with van der Waals surface area (Å²) in [4.78, 5) is 10.6. The van der Waals surface area contributed by atoms with E-state index in [-0.39, 0.29) is 6.42 Å². The first-order chi connectivity index (χ1) is 8.18. The quantitative estimate of drug-likeness (QED) is 0.836. The molecule has 1 aliphatic rings. The Bertz CT molecular complexity index is 394. The molecule has 0 spiro atoms. The molecule has 2 N–H and O–H groups in total. The van der Waals surface area contributed by atoms with Crippen molar-refractivity contribution in [2.75, 3.05) is 13.2 Å². The topological polar surface area (TPSA) is 75.2 Å². The van der Waals surface area contributed by atoms with Crippen LogP contribution in [0, 0.1) is 6.92 Å². The van der Waals surface area contributed by atoms with Crippen LogP contribution in [0.1, 0.15) is 42.1 Å². The number of aromatic nitrogens is 2. The Kier molecular flexibility index (Phi) is 3.78. The lowest BCUT2D eigenvalue weighted by atomic mass is 9.91. The monoisotopic (exact) mass is 238 g/mol. The van der Waals surface area contributed by atoms with Gasteiger partial charge < -0.3 is 9.84 Å². The molecular weight excluding hydrogens is 220 g/mol. The van der Waals surface area contributed by atoms with E-state index in [1.807, 2.05) is 6.92 Å². The second-order valence-electron chi connectivity index (χ2n) is 4.49. The minimum absolute atomic E-state index is 0.163. The van der Waals surface area contributed by atoms with Gasteiger partial charge in [-0.3, -0.25) is 9.89 Å². The first-order valence-electron chi connectivity index (χ1n) is 6.01. The molecule has 0 aromatic carbocycles. The molecule has 5 nitrogen and oxygen atoms in total. The van der Waals surface area contributed by atoms with E-state index in [4.69, 9.17) is 9.84 Å². The van der Waals surface area contributed by atoms with E-state index in [9.17, 15) is 4.79 Å². The first-order valence-corrected chi connectivity index (χ1v) is 6.01. The van der Waals surface area contributed by atoms with Gasteiger partial charge >= 0.3 is 5.97 Å². The fourth-order valence-electron chi connectivity index (χ4n) is 2.33. The van der Waals surface area contributed by atoms with Crippen LogP contribution in [0.15, 0.2) is 0 Å². The predicted molar refractivity (Wildman–Crippen MR) is 62.1 cm³/mol. The van der Waals surface area contributed by atoms with E-state index < -0.39 is 5.97 Å². The maximum atomic E-state index is 10.6. The number of carbonyl (C=O) groups is 1. The zero-order chi connectivity index (χ0) is 12.3. The number of aromatic amines is 1. The number of carboxylic acid groups (broad SMARTS) is 1.